The second-order valence-corrected chi connectivity index (χ2v) is 9.84. The number of anilines is 1. The molecule has 0 aliphatic carbocycles. The maximum absolute atomic E-state index is 15.2. The number of carbonyl (C=O) groups is 1. The van der Waals surface area contributed by atoms with Crippen LogP contribution in [0.5, 0.6) is 0 Å². The van der Waals surface area contributed by atoms with E-state index in [2.05, 4.69) is 22.6 Å². The molecule has 1 N–H and O–H groups in total. The van der Waals surface area contributed by atoms with Crippen LogP contribution in [0.4, 0.5) is 23.2 Å². The number of aromatic nitrogens is 1. The summed E-state index contributed by atoms with van der Waals surface area (Å²) >= 11 is 4.39. The minimum absolute atomic E-state index is 0.0113. The number of ether oxygens (including phenoxy) is 1. The Morgan fingerprint density at radius 3 is 2.42 bits per heavy atom. The summed E-state index contributed by atoms with van der Waals surface area (Å²) in [6.45, 7) is 4.55. The molecule has 0 spiro atoms. The number of hydrazone groups is 1. The van der Waals surface area contributed by atoms with Crippen LogP contribution in [-0.2, 0) is 17.5 Å². The SMILES string of the molecule is CCn1cc(C(=O)O)c(=O)c2cc(F)c(N3CCN(CN4N=C(c5ccc(C(F)(F)F)cc5)OC4S)CC3)cc21. The summed E-state index contributed by atoms with van der Waals surface area (Å²) in [7, 11) is 0. The van der Waals surface area contributed by atoms with Gasteiger partial charge in [-0.05, 0) is 43.3 Å². The Bertz CT molecular complexity index is 1540. The lowest BCUT2D eigenvalue weighted by Crippen LogP contribution is -2.50. The summed E-state index contributed by atoms with van der Waals surface area (Å²) in [5.74, 6) is -1.81. The minimum atomic E-state index is -4.44. The standard InChI is InChI=1S/C26H25F4N5O4S/c1-2-33-13-18(24(37)38)22(36)17-11-19(27)21(12-20(17)33)34-9-7-32(8-10-34)14-35-25(40)39-23(31-35)15-3-5-16(6-4-15)26(28,29)30/h3-6,11-13,25,40H,2,7-10,14H2,1H3,(H,37,38). The number of piperazine rings is 1. The van der Waals surface area contributed by atoms with E-state index in [1.54, 1.807) is 22.6 Å². The summed E-state index contributed by atoms with van der Waals surface area (Å²) in [5.41, 5.74) is -1.47. The Hall–Kier alpha value is -3.78. The van der Waals surface area contributed by atoms with Gasteiger partial charge in [-0.25, -0.2) is 14.2 Å². The first-order chi connectivity index (χ1) is 19.0. The fourth-order valence-electron chi connectivity index (χ4n) is 4.77. The number of halogens is 4. The molecule has 1 atom stereocenters. The lowest BCUT2D eigenvalue weighted by atomic mass is 10.1. The molecular formula is C26H25F4N5O4S. The molecule has 3 aromatic rings. The molecule has 1 saturated heterocycles. The van der Waals surface area contributed by atoms with Crippen molar-refractivity contribution in [3.05, 3.63) is 75.3 Å². The van der Waals surface area contributed by atoms with Crippen molar-refractivity contribution >= 4 is 41.1 Å². The number of thiol groups is 1. The second kappa shape index (κ2) is 10.7. The van der Waals surface area contributed by atoms with Crippen LogP contribution in [0, 0.1) is 5.82 Å². The molecule has 40 heavy (non-hydrogen) atoms. The van der Waals surface area contributed by atoms with Crippen molar-refractivity contribution in [1.29, 1.82) is 0 Å². The molecule has 14 heteroatoms. The van der Waals surface area contributed by atoms with E-state index in [9.17, 15) is 27.9 Å². The fourth-order valence-corrected chi connectivity index (χ4v) is 4.99. The van der Waals surface area contributed by atoms with E-state index < -0.39 is 40.1 Å². The highest BCUT2D eigenvalue weighted by molar-refractivity contribution is 7.80. The number of alkyl halides is 3. The zero-order valence-corrected chi connectivity index (χ0v) is 22.1. The number of pyridine rings is 1. The van der Waals surface area contributed by atoms with E-state index in [0.29, 0.717) is 56.2 Å². The first-order valence-corrected chi connectivity index (χ1v) is 12.9. The van der Waals surface area contributed by atoms with Crippen molar-refractivity contribution < 1.29 is 32.2 Å². The van der Waals surface area contributed by atoms with Gasteiger partial charge in [0.05, 0.1) is 23.4 Å². The van der Waals surface area contributed by atoms with Crippen LogP contribution in [0.2, 0.25) is 0 Å². The third-order valence-electron chi connectivity index (χ3n) is 6.93. The molecule has 212 valence electrons. The highest BCUT2D eigenvalue weighted by Gasteiger charge is 2.32. The predicted octanol–water partition coefficient (Wildman–Crippen LogP) is 3.86. The Morgan fingerprint density at radius 2 is 1.82 bits per heavy atom. The third-order valence-corrected chi connectivity index (χ3v) is 7.30. The van der Waals surface area contributed by atoms with Crippen LogP contribution in [0.3, 0.4) is 0 Å². The van der Waals surface area contributed by atoms with E-state index in [4.69, 9.17) is 4.74 Å². The van der Waals surface area contributed by atoms with Crippen molar-refractivity contribution in [2.24, 2.45) is 5.10 Å². The molecule has 5 rings (SSSR count). The molecule has 1 fully saturated rings. The number of benzene rings is 2. The fraction of sp³-hybridized carbons (Fsp3) is 0.346. The van der Waals surface area contributed by atoms with Gasteiger partial charge in [-0.2, -0.15) is 13.2 Å². The first-order valence-electron chi connectivity index (χ1n) is 12.4. The van der Waals surface area contributed by atoms with Crippen molar-refractivity contribution in [1.82, 2.24) is 14.5 Å². The molecule has 2 aromatic carbocycles. The summed E-state index contributed by atoms with van der Waals surface area (Å²) in [6, 6.07) is 7.20. The van der Waals surface area contributed by atoms with Gasteiger partial charge >= 0.3 is 12.1 Å². The van der Waals surface area contributed by atoms with Crippen LogP contribution in [0.15, 0.2) is 52.5 Å². The van der Waals surface area contributed by atoms with Gasteiger partial charge in [0.25, 0.3) is 0 Å². The maximum atomic E-state index is 15.2. The Balaban J connectivity index is 1.28. The van der Waals surface area contributed by atoms with Crippen LogP contribution < -0.4 is 10.3 Å². The number of nitrogens with zero attached hydrogens (tertiary/aromatic N) is 5. The molecule has 0 amide bonds. The van der Waals surface area contributed by atoms with Crippen LogP contribution in [0.25, 0.3) is 10.9 Å². The molecule has 0 radical (unpaired) electrons. The average molecular weight is 580 g/mol. The van der Waals surface area contributed by atoms with E-state index in [1.807, 2.05) is 4.90 Å². The number of fused-ring (bicyclic) bond motifs is 1. The Morgan fingerprint density at radius 1 is 1.15 bits per heavy atom. The smallest absolute Gasteiger partial charge is 0.416 e. The topological polar surface area (TPSA) is 90.6 Å². The number of carboxylic acids is 1. The van der Waals surface area contributed by atoms with Crippen LogP contribution in [-0.4, -0.2) is 69.9 Å². The van der Waals surface area contributed by atoms with Gasteiger partial charge in [0, 0.05) is 49.9 Å². The van der Waals surface area contributed by atoms with Crippen LogP contribution in [0.1, 0.15) is 28.4 Å². The molecule has 0 saturated carbocycles. The third kappa shape index (κ3) is 5.32. The van der Waals surface area contributed by atoms with E-state index in [1.165, 1.54) is 18.3 Å². The van der Waals surface area contributed by atoms with Crippen LogP contribution >= 0.6 is 12.6 Å². The first kappa shape index (κ1) is 27.8. The lowest BCUT2D eigenvalue weighted by Gasteiger charge is -2.37. The van der Waals surface area contributed by atoms with Gasteiger partial charge in [-0.1, -0.05) is 0 Å². The van der Waals surface area contributed by atoms with Gasteiger partial charge in [0.15, 0.2) is 0 Å². The number of rotatable bonds is 6. The summed E-state index contributed by atoms with van der Waals surface area (Å²) in [5, 5.41) is 15.3. The highest BCUT2D eigenvalue weighted by Crippen LogP contribution is 2.30. The highest BCUT2D eigenvalue weighted by atomic mass is 32.1. The average Bonchev–Trinajstić information content (AvgIpc) is 3.28. The monoisotopic (exact) mass is 579 g/mol. The van der Waals surface area contributed by atoms with E-state index >= 15 is 4.39 Å². The normalized spacial score (nSPS) is 18.2. The van der Waals surface area contributed by atoms with Gasteiger partial charge < -0.3 is 19.3 Å². The van der Waals surface area contributed by atoms with Crippen molar-refractivity contribution in [3.63, 3.8) is 0 Å². The minimum Gasteiger partial charge on any atom is -0.477 e. The van der Waals surface area contributed by atoms with Crippen molar-refractivity contribution in [2.45, 2.75) is 25.2 Å². The Kier molecular flexibility index (Phi) is 7.40. The zero-order valence-electron chi connectivity index (χ0n) is 21.2. The van der Waals surface area contributed by atoms with E-state index in [0.717, 1.165) is 18.2 Å². The number of aromatic carboxylic acids is 1. The van der Waals surface area contributed by atoms with Gasteiger partial charge in [0.1, 0.15) is 11.4 Å². The lowest BCUT2D eigenvalue weighted by molar-refractivity contribution is -0.137. The molecule has 1 aromatic heterocycles. The molecule has 1 unspecified atom stereocenters. The number of hydrogen-bond donors (Lipinski definition) is 2. The van der Waals surface area contributed by atoms with Gasteiger partial charge in [0.2, 0.25) is 16.9 Å². The van der Waals surface area contributed by atoms with Crippen molar-refractivity contribution in [3.8, 4) is 0 Å². The quantitative estimate of drug-likeness (QED) is 0.339. The molecule has 0 bridgehead atoms. The number of hydrogen-bond acceptors (Lipinski definition) is 8. The largest absolute Gasteiger partial charge is 0.477 e. The molecule has 3 heterocycles. The summed E-state index contributed by atoms with van der Waals surface area (Å²) < 4.78 is 61.0. The molecule has 2 aliphatic heterocycles. The Labute approximate surface area is 231 Å². The summed E-state index contributed by atoms with van der Waals surface area (Å²) in [4.78, 5) is 28.0. The predicted molar refractivity (Wildman–Crippen MR) is 143 cm³/mol. The van der Waals surface area contributed by atoms with Gasteiger partial charge in [-0.3, -0.25) is 9.69 Å². The zero-order chi connectivity index (χ0) is 28.8. The van der Waals surface area contributed by atoms with Crippen molar-refractivity contribution in [2.75, 3.05) is 37.7 Å². The van der Waals surface area contributed by atoms with Gasteiger partial charge in [-0.15, -0.1) is 17.7 Å². The summed E-state index contributed by atoms with van der Waals surface area (Å²) in [6.07, 6.45) is -3.16. The van der Waals surface area contributed by atoms with E-state index in [-0.39, 0.29) is 11.3 Å². The molecule has 2 aliphatic rings. The maximum Gasteiger partial charge on any atom is 0.416 e. The number of carboxylic acid groups (broad SMARTS) is 1. The molecular weight excluding hydrogens is 554 g/mol. The molecule has 9 nitrogen and oxygen atoms in total. The second-order valence-electron chi connectivity index (χ2n) is 9.39. The number of aryl methyl sites for hydroxylation is 1.